The van der Waals surface area contributed by atoms with Crippen LogP contribution in [0, 0.1) is 10.1 Å². The van der Waals surface area contributed by atoms with E-state index in [1.54, 1.807) is 10.9 Å². The second-order valence-electron chi connectivity index (χ2n) is 3.33. The molecule has 0 saturated heterocycles. The van der Waals surface area contributed by atoms with Crippen molar-refractivity contribution in [3.63, 3.8) is 0 Å². The summed E-state index contributed by atoms with van der Waals surface area (Å²) in [5.41, 5.74) is 0. The van der Waals surface area contributed by atoms with Crippen LogP contribution in [0.2, 0.25) is 0 Å². The van der Waals surface area contributed by atoms with Crippen molar-refractivity contribution in [3.05, 3.63) is 22.4 Å². The van der Waals surface area contributed by atoms with Crippen LogP contribution in [0.3, 0.4) is 0 Å². The van der Waals surface area contributed by atoms with Crippen LogP contribution in [0.15, 0.2) is 12.3 Å². The Morgan fingerprint density at radius 3 is 2.73 bits per heavy atom. The van der Waals surface area contributed by atoms with E-state index in [1.165, 1.54) is 6.07 Å². The van der Waals surface area contributed by atoms with Gasteiger partial charge in [0, 0.05) is 0 Å². The van der Waals surface area contributed by atoms with Crippen LogP contribution in [0.4, 0.5) is 5.82 Å². The van der Waals surface area contributed by atoms with Crippen molar-refractivity contribution < 1.29 is 4.92 Å². The zero-order valence-electron chi connectivity index (χ0n) is 8.50. The minimum Gasteiger partial charge on any atom is -0.358 e. The van der Waals surface area contributed by atoms with Gasteiger partial charge in [0.25, 0.3) is 0 Å². The van der Waals surface area contributed by atoms with Gasteiger partial charge in [0.2, 0.25) is 0 Å². The Labute approximate surface area is 94.0 Å². The van der Waals surface area contributed by atoms with E-state index >= 15 is 0 Å². The van der Waals surface area contributed by atoms with Gasteiger partial charge < -0.3 is 10.1 Å². The summed E-state index contributed by atoms with van der Waals surface area (Å²) in [7, 11) is 0. The van der Waals surface area contributed by atoms with Gasteiger partial charge in [-0.3, -0.25) is 0 Å². The lowest BCUT2D eigenvalue weighted by Gasteiger charge is -1.97. The van der Waals surface area contributed by atoms with E-state index in [4.69, 9.17) is 0 Å². The van der Waals surface area contributed by atoms with Gasteiger partial charge in [-0.1, -0.05) is 12.8 Å². The van der Waals surface area contributed by atoms with Crippen molar-refractivity contribution in [1.29, 1.82) is 0 Å². The lowest BCUT2D eigenvalue weighted by molar-refractivity contribution is -0.389. The van der Waals surface area contributed by atoms with Crippen LogP contribution in [-0.4, -0.2) is 20.5 Å². The van der Waals surface area contributed by atoms with Gasteiger partial charge in [-0.2, -0.15) is 17.3 Å². The summed E-state index contributed by atoms with van der Waals surface area (Å²) >= 11 is 4.13. The molecule has 0 amide bonds. The molecule has 1 rings (SSSR count). The number of nitrogens with zero attached hydrogens (tertiary/aromatic N) is 3. The van der Waals surface area contributed by atoms with Crippen molar-refractivity contribution in [3.8, 4) is 0 Å². The normalized spacial score (nSPS) is 10.5. The standard InChI is InChI=1S/C9H15N3O2S/c13-12(14)9-5-7-11(10-9)6-3-1-2-4-8-15/h5,7,15H,1-4,6,8H2. The van der Waals surface area contributed by atoms with E-state index in [0.29, 0.717) is 0 Å². The molecule has 1 heterocycles. The molecule has 5 nitrogen and oxygen atoms in total. The number of rotatable bonds is 7. The first kappa shape index (κ1) is 12.0. The van der Waals surface area contributed by atoms with E-state index in [9.17, 15) is 10.1 Å². The average Bonchev–Trinajstić information content (AvgIpc) is 2.66. The summed E-state index contributed by atoms with van der Waals surface area (Å²) in [5, 5.41) is 14.2. The van der Waals surface area contributed by atoms with Gasteiger partial charge >= 0.3 is 5.82 Å². The Balaban J connectivity index is 2.23. The summed E-state index contributed by atoms with van der Waals surface area (Å²) in [5.74, 6) is 0.845. The van der Waals surface area contributed by atoms with Crippen molar-refractivity contribution in [2.75, 3.05) is 5.75 Å². The molecule has 0 aromatic carbocycles. The second kappa shape index (κ2) is 6.44. The van der Waals surface area contributed by atoms with Crippen LogP contribution in [0.1, 0.15) is 25.7 Å². The highest BCUT2D eigenvalue weighted by Gasteiger charge is 2.09. The maximum absolute atomic E-state index is 10.4. The lowest BCUT2D eigenvalue weighted by Crippen LogP contribution is -1.99. The zero-order chi connectivity index (χ0) is 11.1. The molecule has 0 fully saturated rings. The number of hydrogen-bond donors (Lipinski definition) is 1. The molecular formula is C9H15N3O2S. The summed E-state index contributed by atoms with van der Waals surface area (Å²) in [6.07, 6.45) is 6.06. The predicted octanol–water partition coefficient (Wildman–Crippen LogP) is 2.28. The molecule has 1 aromatic rings. The van der Waals surface area contributed by atoms with Gasteiger partial charge in [0.05, 0.1) is 23.9 Å². The molecule has 0 atom stereocenters. The van der Waals surface area contributed by atoms with E-state index in [2.05, 4.69) is 17.7 Å². The first-order chi connectivity index (χ1) is 7.24. The second-order valence-corrected chi connectivity index (χ2v) is 3.78. The Kier molecular flexibility index (Phi) is 5.17. The van der Waals surface area contributed by atoms with Crippen LogP contribution in [-0.2, 0) is 6.54 Å². The Bertz CT molecular complexity index is 314. The molecule has 0 saturated carbocycles. The summed E-state index contributed by atoms with van der Waals surface area (Å²) in [6.45, 7) is 0.750. The van der Waals surface area contributed by atoms with Crippen molar-refractivity contribution in [2.24, 2.45) is 0 Å². The first-order valence-electron chi connectivity index (χ1n) is 5.03. The monoisotopic (exact) mass is 229 g/mol. The quantitative estimate of drug-likeness (QED) is 0.338. The highest BCUT2D eigenvalue weighted by Crippen LogP contribution is 2.07. The van der Waals surface area contributed by atoms with Gasteiger partial charge in [-0.05, 0) is 23.5 Å². The molecule has 0 aliphatic carbocycles. The fourth-order valence-corrected chi connectivity index (χ4v) is 1.54. The van der Waals surface area contributed by atoms with Gasteiger partial charge in [0.1, 0.15) is 0 Å². The van der Waals surface area contributed by atoms with Crippen molar-refractivity contribution in [2.45, 2.75) is 32.2 Å². The van der Waals surface area contributed by atoms with Gasteiger partial charge in [0.15, 0.2) is 0 Å². The van der Waals surface area contributed by atoms with E-state index < -0.39 is 4.92 Å². The fourth-order valence-electron chi connectivity index (χ4n) is 1.31. The molecule has 84 valence electrons. The van der Waals surface area contributed by atoms with Crippen LogP contribution in [0.5, 0.6) is 0 Å². The molecule has 0 radical (unpaired) electrons. The SMILES string of the molecule is O=[N+]([O-])c1ccn(CCCCCCS)n1. The van der Waals surface area contributed by atoms with E-state index in [-0.39, 0.29) is 5.82 Å². The van der Waals surface area contributed by atoms with E-state index in [0.717, 1.165) is 38.0 Å². The molecule has 0 unspecified atom stereocenters. The van der Waals surface area contributed by atoms with Crippen LogP contribution in [0.25, 0.3) is 0 Å². The zero-order valence-corrected chi connectivity index (χ0v) is 9.40. The molecule has 1 aromatic heterocycles. The molecule has 0 spiro atoms. The third kappa shape index (κ3) is 4.33. The van der Waals surface area contributed by atoms with Gasteiger partial charge in [-0.25, -0.2) is 0 Å². The highest BCUT2D eigenvalue weighted by molar-refractivity contribution is 7.80. The molecule has 0 aliphatic rings. The number of hydrogen-bond acceptors (Lipinski definition) is 4. The summed E-state index contributed by atoms with van der Waals surface area (Å²) in [6, 6.07) is 1.42. The van der Waals surface area contributed by atoms with Crippen LogP contribution < -0.4 is 0 Å². The average molecular weight is 229 g/mol. The maximum atomic E-state index is 10.4. The summed E-state index contributed by atoms with van der Waals surface area (Å²) in [4.78, 5) is 9.88. The predicted molar refractivity (Wildman–Crippen MR) is 61.2 cm³/mol. The third-order valence-corrected chi connectivity index (χ3v) is 2.43. The number of unbranched alkanes of at least 4 members (excludes halogenated alkanes) is 3. The molecule has 0 bridgehead atoms. The molecule has 6 heteroatoms. The third-order valence-electron chi connectivity index (χ3n) is 2.11. The Hall–Kier alpha value is -1.04. The maximum Gasteiger partial charge on any atom is 0.389 e. The number of aryl methyl sites for hydroxylation is 1. The molecule has 0 aliphatic heterocycles. The lowest BCUT2D eigenvalue weighted by atomic mass is 10.2. The minimum atomic E-state index is -0.475. The van der Waals surface area contributed by atoms with Gasteiger partial charge in [-0.15, -0.1) is 0 Å². The van der Waals surface area contributed by atoms with E-state index in [1.807, 2.05) is 0 Å². The molecule has 0 N–H and O–H groups in total. The number of thiol groups is 1. The summed E-state index contributed by atoms with van der Waals surface area (Å²) < 4.78 is 1.62. The Morgan fingerprint density at radius 2 is 2.13 bits per heavy atom. The molecule has 15 heavy (non-hydrogen) atoms. The first-order valence-corrected chi connectivity index (χ1v) is 5.66. The van der Waals surface area contributed by atoms with Crippen molar-refractivity contribution >= 4 is 18.4 Å². The largest absolute Gasteiger partial charge is 0.389 e. The smallest absolute Gasteiger partial charge is 0.358 e. The Morgan fingerprint density at radius 1 is 1.40 bits per heavy atom. The highest BCUT2D eigenvalue weighted by atomic mass is 32.1. The number of nitro groups is 1. The van der Waals surface area contributed by atoms with Crippen molar-refractivity contribution in [1.82, 2.24) is 9.78 Å². The van der Waals surface area contributed by atoms with Crippen LogP contribution >= 0.6 is 12.6 Å². The minimum absolute atomic E-state index is 0.0784. The fraction of sp³-hybridized carbons (Fsp3) is 0.667. The topological polar surface area (TPSA) is 61.0 Å². The number of aromatic nitrogens is 2. The molecular weight excluding hydrogens is 214 g/mol.